The maximum Gasteiger partial charge on any atom is 0.417 e. The third kappa shape index (κ3) is 5.10. The number of aromatic nitrogens is 1. The SMILES string of the molecule is O=C(NC(c1cccc(F)c1Cl)[C@]1(O)CC[C@H](F)CC1)c1ncc(C(F)(F)F)cc1Cl. The summed E-state index contributed by atoms with van der Waals surface area (Å²) in [6.45, 7) is 0. The highest BCUT2D eigenvalue weighted by molar-refractivity contribution is 6.33. The lowest BCUT2D eigenvalue weighted by atomic mass is 9.76. The van der Waals surface area contributed by atoms with Crippen molar-refractivity contribution in [2.24, 2.45) is 0 Å². The number of benzene rings is 1. The topological polar surface area (TPSA) is 62.2 Å². The molecule has 1 atom stereocenters. The van der Waals surface area contributed by atoms with Crippen molar-refractivity contribution in [2.45, 2.75) is 49.7 Å². The molecular weight excluding hydrogens is 466 g/mol. The third-order valence-corrected chi connectivity index (χ3v) is 5.96. The van der Waals surface area contributed by atoms with Gasteiger partial charge in [-0.25, -0.2) is 13.8 Å². The monoisotopic (exact) mass is 482 g/mol. The first-order valence-electron chi connectivity index (χ1n) is 9.26. The van der Waals surface area contributed by atoms with Gasteiger partial charge in [-0.1, -0.05) is 35.3 Å². The minimum atomic E-state index is -4.70. The summed E-state index contributed by atoms with van der Waals surface area (Å²) in [5.74, 6) is -1.80. The van der Waals surface area contributed by atoms with Gasteiger partial charge >= 0.3 is 6.18 Å². The summed E-state index contributed by atoms with van der Waals surface area (Å²) in [5.41, 5.74) is -3.29. The number of halogens is 7. The van der Waals surface area contributed by atoms with Gasteiger partial charge in [0.25, 0.3) is 5.91 Å². The Kier molecular flexibility index (Phi) is 6.78. The zero-order valence-corrected chi connectivity index (χ0v) is 17.3. The first-order chi connectivity index (χ1) is 14.4. The maximum absolute atomic E-state index is 14.0. The molecule has 1 aromatic carbocycles. The molecule has 2 N–H and O–H groups in total. The predicted octanol–water partition coefficient (Wildman–Crippen LogP) is 5.66. The van der Waals surface area contributed by atoms with E-state index >= 15 is 0 Å². The average molecular weight is 483 g/mol. The lowest BCUT2D eigenvalue weighted by Gasteiger charge is -2.41. The van der Waals surface area contributed by atoms with E-state index in [4.69, 9.17) is 23.2 Å². The first kappa shape index (κ1) is 23.7. The quantitative estimate of drug-likeness (QED) is 0.552. The standard InChI is InChI=1S/C20H17Cl2F5N2O2/c21-13-8-10(20(25,26)27)9-28-16(13)18(30)29-17(12-2-1-3-14(24)15(12)22)19(31)6-4-11(23)5-7-19/h1-3,8-9,11,17,31H,4-7H2,(H,29,30)/t11-,17?,19-. The van der Waals surface area contributed by atoms with Crippen molar-refractivity contribution >= 4 is 29.1 Å². The number of hydrogen-bond acceptors (Lipinski definition) is 3. The van der Waals surface area contributed by atoms with Crippen molar-refractivity contribution in [3.05, 3.63) is 63.1 Å². The summed E-state index contributed by atoms with van der Waals surface area (Å²) in [7, 11) is 0. The molecule has 3 rings (SSSR count). The number of hydrogen-bond donors (Lipinski definition) is 2. The number of nitrogens with zero attached hydrogens (tertiary/aromatic N) is 1. The molecule has 2 aromatic rings. The van der Waals surface area contributed by atoms with E-state index in [1.54, 1.807) is 0 Å². The van der Waals surface area contributed by atoms with Crippen LogP contribution < -0.4 is 5.32 Å². The van der Waals surface area contributed by atoms with Crippen molar-refractivity contribution in [3.63, 3.8) is 0 Å². The Labute approximate surface area is 184 Å². The highest BCUT2D eigenvalue weighted by Crippen LogP contribution is 2.42. The fraction of sp³-hybridized carbons (Fsp3) is 0.400. The second-order valence-electron chi connectivity index (χ2n) is 7.38. The van der Waals surface area contributed by atoms with Gasteiger partial charge in [-0.05, 0) is 43.4 Å². The molecule has 0 saturated heterocycles. The molecule has 1 unspecified atom stereocenters. The summed E-state index contributed by atoms with van der Waals surface area (Å²) in [6, 6.07) is 3.06. The Balaban J connectivity index is 1.97. The highest BCUT2D eigenvalue weighted by atomic mass is 35.5. The van der Waals surface area contributed by atoms with E-state index in [0.29, 0.717) is 12.3 Å². The van der Waals surface area contributed by atoms with Gasteiger partial charge in [0, 0.05) is 6.20 Å². The van der Waals surface area contributed by atoms with Crippen LogP contribution in [0, 0.1) is 5.82 Å². The van der Waals surface area contributed by atoms with Crippen molar-refractivity contribution in [1.82, 2.24) is 10.3 Å². The molecule has 0 radical (unpaired) electrons. The Bertz CT molecular complexity index is 979. The summed E-state index contributed by atoms with van der Waals surface area (Å²) in [5, 5.41) is 12.7. The van der Waals surface area contributed by atoms with Crippen molar-refractivity contribution in [2.75, 3.05) is 0 Å². The van der Waals surface area contributed by atoms with Crippen LogP contribution in [-0.4, -0.2) is 27.8 Å². The van der Waals surface area contributed by atoms with Gasteiger partial charge in [-0.2, -0.15) is 13.2 Å². The van der Waals surface area contributed by atoms with Crippen molar-refractivity contribution in [1.29, 1.82) is 0 Å². The van der Waals surface area contributed by atoms with Crippen LogP contribution in [-0.2, 0) is 6.18 Å². The molecule has 1 aliphatic rings. The zero-order valence-electron chi connectivity index (χ0n) is 15.8. The normalized spacial score (nSPS) is 22.8. The molecule has 4 nitrogen and oxygen atoms in total. The second kappa shape index (κ2) is 8.88. The molecule has 11 heteroatoms. The Hall–Kier alpha value is -1.97. The Morgan fingerprint density at radius 3 is 2.48 bits per heavy atom. The summed E-state index contributed by atoms with van der Waals surface area (Å²) < 4.78 is 66.2. The van der Waals surface area contributed by atoms with Crippen molar-refractivity contribution in [3.8, 4) is 0 Å². The average Bonchev–Trinajstić information content (AvgIpc) is 2.70. The van der Waals surface area contributed by atoms with Crippen LogP contribution in [0.3, 0.4) is 0 Å². The van der Waals surface area contributed by atoms with Crippen molar-refractivity contribution < 1.29 is 31.9 Å². The van der Waals surface area contributed by atoms with Gasteiger partial charge in [-0.15, -0.1) is 0 Å². The minimum absolute atomic E-state index is 0.00902. The number of alkyl halides is 4. The van der Waals surface area contributed by atoms with Gasteiger partial charge in [0.05, 0.1) is 27.3 Å². The van der Waals surface area contributed by atoms with E-state index in [9.17, 15) is 31.9 Å². The minimum Gasteiger partial charge on any atom is -0.387 e. The zero-order chi connectivity index (χ0) is 23.0. The Morgan fingerprint density at radius 2 is 1.90 bits per heavy atom. The number of carbonyl (C=O) groups excluding carboxylic acids is 1. The number of amides is 1. The van der Waals surface area contributed by atoms with Gasteiger partial charge in [0.2, 0.25) is 0 Å². The molecule has 1 amide bonds. The molecule has 168 valence electrons. The molecule has 0 spiro atoms. The third-order valence-electron chi connectivity index (χ3n) is 5.27. The fourth-order valence-electron chi connectivity index (χ4n) is 3.58. The maximum atomic E-state index is 14.0. The number of carbonyl (C=O) groups is 1. The molecule has 0 aliphatic heterocycles. The molecule has 31 heavy (non-hydrogen) atoms. The molecule has 1 aliphatic carbocycles. The van der Waals surface area contributed by atoms with Crippen LogP contribution >= 0.6 is 23.2 Å². The van der Waals surface area contributed by atoms with Crippen LogP contribution in [0.1, 0.15) is 53.3 Å². The summed E-state index contributed by atoms with van der Waals surface area (Å²) >= 11 is 11.9. The lowest BCUT2D eigenvalue weighted by Crippen LogP contribution is -2.49. The van der Waals surface area contributed by atoms with E-state index in [0.717, 1.165) is 6.07 Å². The fourth-order valence-corrected chi connectivity index (χ4v) is 4.06. The van der Waals surface area contributed by atoms with E-state index in [2.05, 4.69) is 10.3 Å². The first-order valence-corrected chi connectivity index (χ1v) is 10.0. The summed E-state index contributed by atoms with van der Waals surface area (Å²) in [6.07, 6.45) is -5.48. The molecular formula is C20H17Cl2F5N2O2. The summed E-state index contributed by atoms with van der Waals surface area (Å²) in [4.78, 5) is 16.3. The van der Waals surface area contributed by atoms with Crippen LogP contribution in [0.15, 0.2) is 30.5 Å². The highest BCUT2D eigenvalue weighted by Gasteiger charge is 2.43. The van der Waals surface area contributed by atoms with E-state index in [1.807, 2.05) is 0 Å². The number of pyridine rings is 1. The molecule has 1 aromatic heterocycles. The number of rotatable bonds is 4. The molecule has 1 fully saturated rings. The second-order valence-corrected chi connectivity index (χ2v) is 8.17. The smallest absolute Gasteiger partial charge is 0.387 e. The van der Waals surface area contributed by atoms with E-state index in [1.165, 1.54) is 12.1 Å². The lowest BCUT2D eigenvalue weighted by molar-refractivity contribution is -0.137. The van der Waals surface area contributed by atoms with E-state index < -0.39 is 52.0 Å². The Morgan fingerprint density at radius 1 is 1.26 bits per heavy atom. The molecule has 1 heterocycles. The van der Waals surface area contributed by atoms with Crippen LogP contribution in [0.5, 0.6) is 0 Å². The largest absolute Gasteiger partial charge is 0.417 e. The van der Waals surface area contributed by atoms with E-state index in [-0.39, 0.29) is 36.3 Å². The number of nitrogens with one attached hydrogen (secondary N) is 1. The van der Waals surface area contributed by atoms with Gasteiger partial charge in [0.1, 0.15) is 17.7 Å². The van der Waals surface area contributed by atoms with Gasteiger partial charge in [-0.3, -0.25) is 4.79 Å². The van der Waals surface area contributed by atoms with Crippen LogP contribution in [0.4, 0.5) is 22.0 Å². The predicted molar refractivity (Wildman–Crippen MR) is 104 cm³/mol. The van der Waals surface area contributed by atoms with Crippen LogP contribution in [0.25, 0.3) is 0 Å². The molecule has 0 bridgehead atoms. The van der Waals surface area contributed by atoms with Crippen LogP contribution in [0.2, 0.25) is 10.0 Å². The molecule has 1 saturated carbocycles. The van der Waals surface area contributed by atoms with Gasteiger partial charge in [0.15, 0.2) is 0 Å². The van der Waals surface area contributed by atoms with Gasteiger partial charge < -0.3 is 10.4 Å². The number of aliphatic hydroxyl groups is 1.